The van der Waals surface area contributed by atoms with E-state index in [1.807, 2.05) is 6.26 Å². The average molecular weight is 168 g/mol. The van der Waals surface area contributed by atoms with Gasteiger partial charge in [-0.25, -0.2) is 0 Å². The molecule has 0 saturated heterocycles. The van der Waals surface area contributed by atoms with Crippen molar-refractivity contribution in [2.24, 2.45) is 0 Å². The van der Waals surface area contributed by atoms with Crippen molar-refractivity contribution >= 4 is 0 Å². The quantitative estimate of drug-likeness (QED) is 0.320. The van der Waals surface area contributed by atoms with Gasteiger partial charge < -0.3 is 4.74 Å². The first-order valence-electron chi connectivity index (χ1n) is 4.79. The van der Waals surface area contributed by atoms with Crippen LogP contribution in [0.5, 0.6) is 0 Å². The summed E-state index contributed by atoms with van der Waals surface area (Å²) in [6, 6.07) is 0. The highest BCUT2D eigenvalue weighted by atomic mass is 16.5. The van der Waals surface area contributed by atoms with E-state index in [9.17, 15) is 0 Å². The van der Waals surface area contributed by atoms with Gasteiger partial charge in [0.2, 0.25) is 0 Å². The molecule has 0 aromatic carbocycles. The third-order valence-corrected chi connectivity index (χ3v) is 1.49. The minimum Gasteiger partial charge on any atom is -0.502 e. The SMILES string of the molecule is CC=CCCCC=COCCC. The predicted octanol–water partition coefficient (Wildman–Crippen LogP) is 3.67. The van der Waals surface area contributed by atoms with Gasteiger partial charge >= 0.3 is 0 Å². The van der Waals surface area contributed by atoms with E-state index in [2.05, 4.69) is 32.1 Å². The summed E-state index contributed by atoms with van der Waals surface area (Å²) in [5.74, 6) is 0. The van der Waals surface area contributed by atoms with Crippen LogP contribution in [0.3, 0.4) is 0 Å². The summed E-state index contributed by atoms with van der Waals surface area (Å²) in [4.78, 5) is 0. The Bertz CT molecular complexity index is 125. The van der Waals surface area contributed by atoms with Gasteiger partial charge in [-0.15, -0.1) is 0 Å². The molecule has 0 radical (unpaired) electrons. The van der Waals surface area contributed by atoms with Crippen LogP contribution in [0.15, 0.2) is 24.5 Å². The van der Waals surface area contributed by atoms with Crippen molar-refractivity contribution in [3.8, 4) is 0 Å². The van der Waals surface area contributed by atoms with Crippen LogP contribution in [-0.2, 0) is 4.74 Å². The van der Waals surface area contributed by atoms with Crippen molar-refractivity contribution in [2.45, 2.75) is 39.5 Å². The number of allylic oxidation sites excluding steroid dienone is 3. The summed E-state index contributed by atoms with van der Waals surface area (Å²) in [7, 11) is 0. The van der Waals surface area contributed by atoms with Crippen LogP contribution >= 0.6 is 0 Å². The number of hydrogen-bond acceptors (Lipinski definition) is 1. The standard InChI is InChI=1S/C11H20O/c1-3-5-6-7-8-9-11-12-10-4-2/h3,5,9,11H,4,6-8,10H2,1-2H3. The fourth-order valence-corrected chi connectivity index (χ4v) is 0.842. The molecular weight excluding hydrogens is 148 g/mol. The topological polar surface area (TPSA) is 9.23 Å². The Kier molecular flexibility index (Phi) is 9.66. The Balaban J connectivity index is 3.02. The van der Waals surface area contributed by atoms with E-state index in [-0.39, 0.29) is 0 Å². The van der Waals surface area contributed by atoms with Crippen molar-refractivity contribution in [1.29, 1.82) is 0 Å². The second kappa shape index (κ2) is 10.3. The summed E-state index contributed by atoms with van der Waals surface area (Å²) in [5.41, 5.74) is 0. The first-order chi connectivity index (χ1) is 5.91. The van der Waals surface area contributed by atoms with E-state index in [0.29, 0.717) is 0 Å². The molecule has 0 aliphatic rings. The largest absolute Gasteiger partial charge is 0.502 e. The molecule has 0 saturated carbocycles. The Morgan fingerprint density at radius 3 is 2.58 bits per heavy atom. The highest BCUT2D eigenvalue weighted by molar-refractivity contribution is 4.79. The summed E-state index contributed by atoms with van der Waals surface area (Å²) < 4.78 is 5.19. The maximum absolute atomic E-state index is 5.19. The lowest BCUT2D eigenvalue weighted by molar-refractivity contribution is 0.249. The zero-order valence-electron chi connectivity index (χ0n) is 8.25. The molecule has 0 N–H and O–H groups in total. The molecule has 1 heteroatoms. The van der Waals surface area contributed by atoms with E-state index in [1.54, 1.807) is 0 Å². The molecule has 12 heavy (non-hydrogen) atoms. The minimum absolute atomic E-state index is 0.839. The number of ether oxygens (including phenoxy) is 1. The van der Waals surface area contributed by atoms with Crippen molar-refractivity contribution in [2.75, 3.05) is 6.61 Å². The van der Waals surface area contributed by atoms with Crippen LogP contribution in [0.25, 0.3) is 0 Å². The minimum atomic E-state index is 0.839. The number of unbranched alkanes of at least 4 members (excludes halogenated alkanes) is 2. The molecule has 0 bridgehead atoms. The highest BCUT2D eigenvalue weighted by Crippen LogP contribution is 1.97. The molecule has 0 aromatic heterocycles. The van der Waals surface area contributed by atoms with Gasteiger partial charge in [-0.05, 0) is 38.7 Å². The molecule has 0 spiro atoms. The smallest absolute Gasteiger partial charge is 0.0870 e. The average Bonchev–Trinajstić information content (AvgIpc) is 2.10. The second-order valence-electron chi connectivity index (χ2n) is 2.74. The van der Waals surface area contributed by atoms with Gasteiger partial charge in [0.1, 0.15) is 0 Å². The van der Waals surface area contributed by atoms with E-state index >= 15 is 0 Å². The molecule has 0 aliphatic carbocycles. The van der Waals surface area contributed by atoms with Crippen molar-refractivity contribution < 1.29 is 4.74 Å². The van der Waals surface area contributed by atoms with Crippen LogP contribution in [0.1, 0.15) is 39.5 Å². The van der Waals surface area contributed by atoms with Gasteiger partial charge in [-0.2, -0.15) is 0 Å². The first kappa shape index (κ1) is 11.3. The third-order valence-electron chi connectivity index (χ3n) is 1.49. The van der Waals surface area contributed by atoms with Gasteiger partial charge in [0.25, 0.3) is 0 Å². The van der Waals surface area contributed by atoms with Crippen LogP contribution < -0.4 is 0 Å². The Labute approximate surface area is 76.1 Å². The van der Waals surface area contributed by atoms with E-state index < -0.39 is 0 Å². The fraction of sp³-hybridized carbons (Fsp3) is 0.636. The molecule has 0 amide bonds. The van der Waals surface area contributed by atoms with Crippen molar-refractivity contribution in [3.05, 3.63) is 24.5 Å². The molecular formula is C11H20O. The maximum Gasteiger partial charge on any atom is 0.0870 e. The predicted molar refractivity (Wildman–Crippen MR) is 54.0 cm³/mol. The molecule has 0 aliphatic heterocycles. The second-order valence-corrected chi connectivity index (χ2v) is 2.74. The Morgan fingerprint density at radius 1 is 1.17 bits per heavy atom. The lowest BCUT2D eigenvalue weighted by atomic mass is 10.2. The van der Waals surface area contributed by atoms with Crippen LogP contribution in [0.2, 0.25) is 0 Å². The molecule has 1 nitrogen and oxygen atoms in total. The zero-order valence-corrected chi connectivity index (χ0v) is 8.25. The van der Waals surface area contributed by atoms with Gasteiger partial charge in [-0.1, -0.05) is 19.1 Å². The van der Waals surface area contributed by atoms with Crippen molar-refractivity contribution in [3.63, 3.8) is 0 Å². The van der Waals surface area contributed by atoms with Crippen LogP contribution in [-0.4, -0.2) is 6.61 Å². The van der Waals surface area contributed by atoms with Gasteiger partial charge in [-0.3, -0.25) is 0 Å². The summed E-state index contributed by atoms with van der Waals surface area (Å²) in [5, 5.41) is 0. The van der Waals surface area contributed by atoms with Crippen LogP contribution in [0.4, 0.5) is 0 Å². The summed E-state index contributed by atoms with van der Waals surface area (Å²) in [6.45, 7) is 5.01. The first-order valence-corrected chi connectivity index (χ1v) is 4.79. The summed E-state index contributed by atoms with van der Waals surface area (Å²) in [6.07, 6.45) is 12.8. The molecule has 0 fully saturated rings. The van der Waals surface area contributed by atoms with Gasteiger partial charge in [0.05, 0.1) is 12.9 Å². The molecule has 0 rings (SSSR count). The van der Waals surface area contributed by atoms with E-state index in [1.165, 1.54) is 12.8 Å². The normalized spacial score (nSPS) is 11.5. The Morgan fingerprint density at radius 2 is 1.92 bits per heavy atom. The molecule has 0 heterocycles. The van der Waals surface area contributed by atoms with Crippen molar-refractivity contribution in [1.82, 2.24) is 0 Å². The molecule has 0 unspecified atom stereocenters. The zero-order chi connectivity index (χ0) is 9.07. The van der Waals surface area contributed by atoms with Gasteiger partial charge in [0.15, 0.2) is 0 Å². The van der Waals surface area contributed by atoms with Crippen LogP contribution in [0, 0.1) is 0 Å². The van der Waals surface area contributed by atoms with Gasteiger partial charge in [0, 0.05) is 0 Å². The molecule has 0 aromatic rings. The lowest BCUT2D eigenvalue weighted by Crippen LogP contribution is -1.81. The lowest BCUT2D eigenvalue weighted by Gasteiger charge is -1.94. The fourth-order valence-electron chi connectivity index (χ4n) is 0.842. The molecule has 0 atom stereocenters. The summed E-state index contributed by atoms with van der Waals surface area (Å²) >= 11 is 0. The monoisotopic (exact) mass is 168 g/mol. The number of hydrogen-bond donors (Lipinski definition) is 0. The Hall–Kier alpha value is -0.720. The van der Waals surface area contributed by atoms with E-state index in [0.717, 1.165) is 19.4 Å². The third kappa shape index (κ3) is 9.28. The molecule has 70 valence electrons. The number of rotatable bonds is 7. The van der Waals surface area contributed by atoms with E-state index in [4.69, 9.17) is 4.74 Å². The highest BCUT2D eigenvalue weighted by Gasteiger charge is 1.80. The maximum atomic E-state index is 5.19.